The normalized spacial score (nSPS) is 16.6. The van der Waals surface area contributed by atoms with E-state index in [9.17, 15) is 33.9 Å². The fraction of sp³-hybridized carbons (Fsp3) is 0.274. The highest BCUT2D eigenvalue weighted by molar-refractivity contribution is 6.07. The Labute approximate surface area is 485 Å². The highest BCUT2D eigenvalue weighted by Gasteiger charge is 2.36. The second-order valence-corrected chi connectivity index (χ2v) is 20.3. The van der Waals surface area contributed by atoms with Crippen LogP contribution in [0.25, 0.3) is 11.1 Å². The van der Waals surface area contributed by atoms with E-state index in [0.717, 1.165) is 34.1 Å². The number of nitrogens with one attached hydrogen (secondary N) is 5. The Kier molecular flexibility index (Phi) is 18.0. The van der Waals surface area contributed by atoms with Crippen LogP contribution in [0.4, 0.5) is 28.7 Å². The minimum absolute atomic E-state index is 0.0112. The number of carbonyl (C=O) groups is 6. The van der Waals surface area contributed by atoms with Crippen LogP contribution in [-0.2, 0) is 14.4 Å². The molecule has 1 aromatic heterocycles. The molecule has 0 saturated heterocycles. The van der Waals surface area contributed by atoms with E-state index in [1.807, 2.05) is 42.6 Å². The van der Waals surface area contributed by atoms with Crippen LogP contribution in [0.1, 0.15) is 82.2 Å². The van der Waals surface area contributed by atoms with E-state index in [2.05, 4.69) is 44.7 Å². The number of aliphatic imine (C=N–C) groups is 2. The van der Waals surface area contributed by atoms with E-state index in [4.69, 9.17) is 33.7 Å². The van der Waals surface area contributed by atoms with Crippen LogP contribution in [0.3, 0.4) is 0 Å². The van der Waals surface area contributed by atoms with Crippen LogP contribution in [0.15, 0.2) is 133 Å². The zero-order chi connectivity index (χ0) is 59.8. The molecular weight excluding hydrogens is 1080 g/mol. The average Bonchev–Trinajstić information content (AvgIpc) is 2.95. The number of pyridine rings is 1. The maximum Gasteiger partial charge on any atom is 0.260 e. The number of carbonyl (C=O) groups excluding carboxylic acids is 6. The third-order valence-electron chi connectivity index (χ3n) is 14.2. The van der Waals surface area contributed by atoms with E-state index in [1.165, 1.54) is 39.4 Å². The molecule has 0 saturated carbocycles. The number of hydrogen-bond acceptors (Lipinski definition) is 16. The lowest BCUT2D eigenvalue weighted by Gasteiger charge is -2.24. The molecule has 434 valence electrons. The number of anilines is 3. The number of rotatable bonds is 23. The zero-order valence-electron chi connectivity index (χ0n) is 47.1. The van der Waals surface area contributed by atoms with Gasteiger partial charge in [0.1, 0.15) is 35.7 Å². The monoisotopic (exact) mass is 1140 g/mol. The number of ether oxygens (including phenoxy) is 5. The summed E-state index contributed by atoms with van der Waals surface area (Å²) in [6.45, 7) is 12.4. The molecule has 5 heterocycles. The molecular formula is C62H64N10O12. The topological polar surface area (TPSA) is 273 Å². The first kappa shape index (κ1) is 58.6. The van der Waals surface area contributed by atoms with Gasteiger partial charge in [-0.3, -0.25) is 38.8 Å². The first-order chi connectivity index (χ1) is 40.5. The molecule has 5 atom stereocenters. The van der Waals surface area contributed by atoms with Crippen LogP contribution < -0.4 is 50.3 Å². The summed E-state index contributed by atoms with van der Waals surface area (Å²) in [7, 11) is 4.63. The van der Waals surface area contributed by atoms with Crippen molar-refractivity contribution in [1.82, 2.24) is 25.4 Å². The van der Waals surface area contributed by atoms with Crippen molar-refractivity contribution < 1.29 is 57.6 Å². The Morgan fingerprint density at radius 2 is 1.21 bits per heavy atom. The van der Waals surface area contributed by atoms with Gasteiger partial charge in [-0.05, 0) is 95.8 Å². The van der Waals surface area contributed by atoms with Crippen molar-refractivity contribution in [3.63, 3.8) is 0 Å². The highest BCUT2D eigenvalue weighted by atomic mass is 16.5. The SMILES string of the molecule is C=CC(=O)Nc1cc(C(=O)N[C@H](C(=O)N[C@@H](C)C(=O)Nc2ccc(C3=CN4C(=O)c5cc(OC)c(OCCCOc6cc7c(cc6OC)C(=O)N6C=C(c8ccc(OC)cc8)C[C@H]6C=N7)cc5N=C[C@@H]4C3)cc2)C(C)C)cc(NC(O)C=C)n1. The van der Waals surface area contributed by atoms with Crippen molar-refractivity contribution in [1.29, 1.82) is 0 Å². The van der Waals surface area contributed by atoms with Crippen molar-refractivity contribution in [3.8, 4) is 28.7 Å². The predicted molar refractivity (Wildman–Crippen MR) is 318 cm³/mol. The van der Waals surface area contributed by atoms with E-state index < -0.39 is 47.9 Å². The van der Waals surface area contributed by atoms with Gasteiger partial charge in [-0.25, -0.2) is 4.98 Å². The molecule has 22 nitrogen and oxygen atoms in total. The summed E-state index contributed by atoms with van der Waals surface area (Å²) in [6, 6.07) is 21.4. The highest BCUT2D eigenvalue weighted by Crippen LogP contribution is 2.42. The summed E-state index contributed by atoms with van der Waals surface area (Å²) in [5.74, 6) is -0.934. The van der Waals surface area contributed by atoms with Gasteiger partial charge in [-0.15, -0.1) is 0 Å². The maximum atomic E-state index is 14.2. The van der Waals surface area contributed by atoms with E-state index in [0.29, 0.717) is 70.4 Å². The number of hydrogen-bond donors (Lipinski definition) is 6. The molecule has 6 N–H and O–H groups in total. The van der Waals surface area contributed by atoms with Crippen LogP contribution >= 0.6 is 0 Å². The standard InChI is InChI=1S/C62H64N10O12/c1-9-55(73)68-53-24-38(25-54(67-53)69-56(74)10-2)59(76)70-57(34(3)4)60(77)65-35(5)58(75)66-41-16-12-36(13-17-41)39-22-42-30-63-47-28-51(49(81-7)26-45(47)61(78)71(42)32-39)83-20-11-21-84-52-29-48-46(27-50(52)82-8)62(79)72-33-40(23-43(72)31-64-48)37-14-18-44(80-6)19-15-37/h9-10,12-19,24-35,42-43,55,57,73H,1-2,11,20-23H2,3-8H3,(H,65,77)(H,66,75)(H,70,76)(H2,67,68,69,74)/t35-,42-,43-,55?,57-/m0/s1. The minimum Gasteiger partial charge on any atom is -0.497 e. The summed E-state index contributed by atoms with van der Waals surface area (Å²) < 4.78 is 29.0. The summed E-state index contributed by atoms with van der Waals surface area (Å²) in [4.78, 5) is 97.5. The second kappa shape index (κ2) is 25.8. The number of aliphatic hydroxyl groups is 1. The lowest BCUT2D eigenvalue weighted by molar-refractivity contribution is -0.128. The molecule has 0 fully saturated rings. The molecule has 0 spiro atoms. The summed E-state index contributed by atoms with van der Waals surface area (Å²) >= 11 is 0. The van der Waals surface area contributed by atoms with E-state index in [1.54, 1.807) is 85.8 Å². The molecule has 5 aromatic rings. The quantitative estimate of drug-likeness (QED) is 0.0157. The van der Waals surface area contributed by atoms with Gasteiger partial charge in [0, 0.05) is 67.5 Å². The van der Waals surface area contributed by atoms with Crippen molar-refractivity contribution in [2.45, 2.75) is 70.4 Å². The Balaban J connectivity index is 0.769. The molecule has 6 amide bonds. The van der Waals surface area contributed by atoms with Gasteiger partial charge < -0.3 is 65.2 Å². The predicted octanol–water partition coefficient (Wildman–Crippen LogP) is 7.84. The van der Waals surface area contributed by atoms with Crippen LogP contribution in [0.5, 0.6) is 28.7 Å². The largest absolute Gasteiger partial charge is 0.497 e. The van der Waals surface area contributed by atoms with Gasteiger partial charge in [0.15, 0.2) is 23.0 Å². The van der Waals surface area contributed by atoms with Crippen LogP contribution in [0, 0.1) is 5.92 Å². The molecule has 0 aliphatic carbocycles. The zero-order valence-corrected chi connectivity index (χ0v) is 47.1. The molecule has 22 heteroatoms. The fourth-order valence-electron chi connectivity index (χ4n) is 9.70. The van der Waals surface area contributed by atoms with E-state index in [-0.39, 0.29) is 54.3 Å². The number of amides is 6. The smallest absolute Gasteiger partial charge is 0.260 e. The molecule has 4 aliphatic heterocycles. The van der Waals surface area contributed by atoms with Gasteiger partial charge in [-0.2, -0.15) is 0 Å². The fourth-order valence-corrected chi connectivity index (χ4v) is 9.70. The summed E-state index contributed by atoms with van der Waals surface area (Å²) in [5, 5.41) is 23.3. The average molecular weight is 1140 g/mol. The maximum absolute atomic E-state index is 14.2. The Bertz CT molecular complexity index is 3540. The van der Waals surface area contributed by atoms with Gasteiger partial charge in [0.25, 0.3) is 17.7 Å². The molecule has 1 unspecified atom stereocenters. The second-order valence-electron chi connectivity index (χ2n) is 20.3. The van der Waals surface area contributed by atoms with Gasteiger partial charge in [0.2, 0.25) is 17.7 Å². The molecule has 9 rings (SSSR count). The molecule has 0 radical (unpaired) electrons. The lowest BCUT2D eigenvalue weighted by Crippen LogP contribution is -2.53. The number of aliphatic hydroxyl groups excluding tert-OH is 1. The molecule has 4 aliphatic rings. The van der Waals surface area contributed by atoms with Crippen LogP contribution in [-0.4, -0.2) is 133 Å². The van der Waals surface area contributed by atoms with Gasteiger partial charge >= 0.3 is 0 Å². The lowest BCUT2D eigenvalue weighted by atomic mass is 10.0. The Hall–Kier alpha value is -10.1. The first-order valence-electron chi connectivity index (χ1n) is 27.0. The van der Waals surface area contributed by atoms with Crippen molar-refractivity contribution in [3.05, 3.63) is 150 Å². The Morgan fingerprint density at radius 3 is 1.71 bits per heavy atom. The number of benzene rings is 4. The van der Waals surface area contributed by atoms with Gasteiger partial charge in [0.05, 0.1) is 69.1 Å². The van der Waals surface area contributed by atoms with Crippen molar-refractivity contribution in [2.24, 2.45) is 15.9 Å². The summed E-state index contributed by atoms with van der Waals surface area (Å²) in [6.07, 6.45) is 9.74. The molecule has 4 aromatic carbocycles. The van der Waals surface area contributed by atoms with Crippen molar-refractivity contribution in [2.75, 3.05) is 50.5 Å². The van der Waals surface area contributed by atoms with Crippen LogP contribution in [0.2, 0.25) is 0 Å². The number of aromatic nitrogens is 1. The molecule has 0 bridgehead atoms. The minimum atomic E-state index is -1.21. The van der Waals surface area contributed by atoms with Gasteiger partial charge in [-0.1, -0.05) is 51.3 Å². The summed E-state index contributed by atoms with van der Waals surface area (Å²) in [5.41, 5.74) is 5.81. The number of nitrogens with zero attached hydrogens (tertiary/aromatic N) is 5. The number of fused-ring (bicyclic) bond motifs is 4. The van der Waals surface area contributed by atoms with Crippen molar-refractivity contribution >= 4 is 87.7 Å². The third-order valence-corrected chi connectivity index (χ3v) is 14.2. The number of methoxy groups -OCH3 is 3. The van der Waals surface area contributed by atoms with E-state index >= 15 is 0 Å². The third kappa shape index (κ3) is 13.1. The first-order valence-corrected chi connectivity index (χ1v) is 27.0. The Morgan fingerprint density at radius 1 is 0.679 bits per heavy atom. The molecule has 84 heavy (non-hydrogen) atoms.